The monoisotopic (exact) mass is 709 g/mol. The van der Waals surface area contributed by atoms with Crippen LogP contribution in [0.5, 0.6) is 0 Å². The third-order valence-electron chi connectivity index (χ3n) is 12.6. The minimum atomic E-state index is -0.106. The summed E-state index contributed by atoms with van der Waals surface area (Å²) >= 11 is 0. The fraction of sp³-hybridized carbons (Fsp3) is 0.160. The highest BCUT2D eigenvalue weighted by Gasteiger charge is 2.47. The molecule has 3 aliphatic heterocycles. The molecule has 0 amide bonds. The number of aromatic nitrogens is 1. The first-order valence-corrected chi connectivity index (χ1v) is 19.6. The second kappa shape index (κ2) is 10.3. The van der Waals surface area contributed by atoms with Gasteiger partial charge in [0.15, 0.2) is 5.58 Å². The maximum atomic E-state index is 6.81. The number of nitrogens with zero attached hydrogens (tertiary/aromatic N) is 3. The van der Waals surface area contributed by atoms with Gasteiger partial charge in [0.2, 0.25) is 0 Å². The van der Waals surface area contributed by atoms with Crippen LogP contribution in [0.15, 0.2) is 138 Å². The molecule has 5 heterocycles. The van der Waals surface area contributed by atoms with Gasteiger partial charge in [-0.25, -0.2) is 0 Å². The van der Waals surface area contributed by atoms with Crippen molar-refractivity contribution in [3.05, 3.63) is 145 Å². The average Bonchev–Trinajstić information content (AvgIpc) is 3.73. The smallest absolute Gasteiger partial charge is 0.252 e. The van der Waals surface area contributed by atoms with E-state index in [-0.39, 0.29) is 17.5 Å². The summed E-state index contributed by atoms with van der Waals surface area (Å²) in [4.78, 5) is 5.13. The minimum absolute atomic E-state index is 0.0243. The number of hydrogen-bond donors (Lipinski definition) is 0. The van der Waals surface area contributed by atoms with Gasteiger partial charge < -0.3 is 18.8 Å². The van der Waals surface area contributed by atoms with E-state index in [1.54, 1.807) is 0 Å². The first-order chi connectivity index (χ1) is 26.6. The van der Waals surface area contributed by atoms with Crippen LogP contribution in [0.2, 0.25) is 0 Å². The van der Waals surface area contributed by atoms with E-state index in [4.69, 9.17) is 4.42 Å². The third kappa shape index (κ3) is 3.98. The summed E-state index contributed by atoms with van der Waals surface area (Å²) in [5.74, 6) is 0. The molecule has 0 unspecified atom stereocenters. The number of anilines is 6. The normalized spacial score (nSPS) is 14.3. The maximum absolute atomic E-state index is 6.81. The lowest BCUT2D eigenvalue weighted by Crippen LogP contribution is -2.62. The molecule has 0 saturated heterocycles. The van der Waals surface area contributed by atoms with Gasteiger partial charge in [0.25, 0.3) is 6.71 Å². The van der Waals surface area contributed by atoms with Crippen molar-refractivity contribution in [3.8, 4) is 5.69 Å². The van der Waals surface area contributed by atoms with E-state index in [1.165, 1.54) is 83.4 Å². The van der Waals surface area contributed by atoms with Gasteiger partial charge in [-0.15, -0.1) is 0 Å². The lowest BCUT2D eigenvalue weighted by atomic mass is 9.33. The quantitative estimate of drug-likeness (QED) is 0.159. The number of benzene rings is 7. The van der Waals surface area contributed by atoms with E-state index >= 15 is 0 Å². The summed E-state index contributed by atoms with van der Waals surface area (Å²) in [6, 6.07) is 50.0. The maximum Gasteiger partial charge on any atom is 0.252 e. The van der Waals surface area contributed by atoms with Crippen LogP contribution in [-0.2, 0) is 10.8 Å². The largest absolute Gasteiger partial charge is 0.454 e. The first kappa shape index (κ1) is 31.2. The van der Waals surface area contributed by atoms with Crippen molar-refractivity contribution in [2.75, 3.05) is 9.80 Å². The zero-order chi connectivity index (χ0) is 37.1. The summed E-state index contributed by atoms with van der Waals surface area (Å²) in [7, 11) is 0. The Morgan fingerprint density at radius 2 is 1.13 bits per heavy atom. The second-order valence-corrected chi connectivity index (χ2v) is 17.8. The Morgan fingerprint density at radius 3 is 1.93 bits per heavy atom. The summed E-state index contributed by atoms with van der Waals surface area (Å²) in [5, 5.41) is 4.84. The van der Waals surface area contributed by atoms with Crippen LogP contribution < -0.4 is 26.2 Å². The molecule has 0 fully saturated rings. The van der Waals surface area contributed by atoms with E-state index in [9.17, 15) is 0 Å². The number of furan rings is 1. The summed E-state index contributed by atoms with van der Waals surface area (Å²) in [5.41, 5.74) is 19.3. The molecule has 0 N–H and O–H groups in total. The number of para-hydroxylation sites is 5. The van der Waals surface area contributed by atoms with E-state index in [2.05, 4.69) is 189 Å². The number of fused-ring (bicyclic) bond motifs is 12. The molecule has 0 radical (unpaired) electrons. The minimum Gasteiger partial charge on any atom is -0.454 e. The van der Waals surface area contributed by atoms with Crippen molar-refractivity contribution < 1.29 is 4.42 Å². The van der Waals surface area contributed by atoms with E-state index < -0.39 is 0 Å². The van der Waals surface area contributed by atoms with E-state index in [0.717, 1.165) is 27.6 Å². The van der Waals surface area contributed by atoms with Gasteiger partial charge >= 0.3 is 0 Å². The third-order valence-corrected chi connectivity index (χ3v) is 12.6. The molecule has 0 spiro atoms. The number of rotatable bonds is 1. The summed E-state index contributed by atoms with van der Waals surface area (Å²) < 4.78 is 9.34. The van der Waals surface area contributed by atoms with Crippen molar-refractivity contribution in [2.24, 2.45) is 0 Å². The van der Waals surface area contributed by atoms with Crippen LogP contribution in [-0.4, -0.2) is 11.3 Å². The van der Waals surface area contributed by atoms with Crippen molar-refractivity contribution in [1.82, 2.24) is 4.57 Å². The molecular formula is C50H40BN3O. The van der Waals surface area contributed by atoms with Gasteiger partial charge in [0.1, 0.15) is 5.58 Å². The summed E-state index contributed by atoms with van der Waals surface area (Å²) in [6.07, 6.45) is 0. The molecule has 5 heteroatoms. The Labute approximate surface area is 321 Å². The fourth-order valence-corrected chi connectivity index (χ4v) is 9.96. The standard InChI is InChI=1S/C50H40BN3O/c1-49(2,3)29-24-25-38-36(26-29)51-35-18-13-21-40-47(35)54(39-20-11-16-33-31-14-7-9-19-37(31)53(40)46(33)39)43-28-30(50(4,5)6)27-42(45(43)51)52(38)41-22-12-17-34-32-15-8-10-23-44(32)55-48(34)41/h7-28H,1-6H3. The highest BCUT2D eigenvalue weighted by atomic mass is 16.3. The van der Waals surface area contributed by atoms with Crippen LogP contribution in [0.3, 0.4) is 0 Å². The Kier molecular flexibility index (Phi) is 5.84. The van der Waals surface area contributed by atoms with Gasteiger partial charge in [0.05, 0.1) is 33.8 Å². The lowest BCUT2D eigenvalue weighted by Gasteiger charge is -2.47. The predicted molar refractivity (Wildman–Crippen MR) is 233 cm³/mol. The Balaban J connectivity index is 1.26. The Bertz CT molecular complexity index is 3130. The van der Waals surface area contributed by atoms with E-state index in [0.29, 0.717) is 0 Å². The van der Waals surface area contributed by atoms with Crippen LogP contribution in [0.25, 0.3) is 49.4 Å². The van der Waals surface area contributed by atoms with Crippen molar-refractivity contribution in [1.29, 1.82) is 0 Å². The van der Waals surface area contributed by atoms with E-state index in [1.807, 2.05) is 0 Å². The lowest BCUT2D eigenvalue weighted by molar-refractivity contribution is 0.590. The van der Waals surface area contributed by atoms with Crippen molar-refractivity contribution in [2.45, 2.75) is 52.4 Å². The topological polar surface area (TPSA) is 24.6 Å². The molecule has 3 aliphatic rings. The fourth-order valence-electron chi connectivity index (χ4n) is 9.96. The molecule has 9 aromatic rings. The number of hydrogen-bond acceptors (Lipinski definition) is 3. The van der Waals surface area contributed by atoms with Gasteiger partial charge in [-0.05, 0) is 86.9 Å². The molecule has 0 atom stereocenters. The molecule has 55 heavy (non-hydrogen) atoms. The average molecular weight is 710 g/mol. The Hall–Kier alpha value is -6.20. The van der Waals surface area contributed by atoms with Crippen LogP contribution >= 0.6 is 0 Å². The molecule has 0 bridgehead atoms. The van der Waals surface area contributed by atoms with Crippen LogP contribution in [0.1, 0.15) is 52.7 Å². The molecule has 12 rings (SSSR count). The van der Waals surface area contributed by atoms with Crippen LogP contribution in [0.4, 0.5) is 34.1 Å². The highest BCUT2D eigenvalue weighted by molar-refractivity contribution is 7.00. The van der Waals surface area contributed by atoms with Gasteiger partial charge in [-0.2, -0.15) is 0 Å². The predicted octanol–water partition coefficient (Wildman–Crippen LogP) is 11.7. The van der Waals surface area contributed by atoms with Gasteiger partial charge in [-0.3, -0.25) is 0 Å². The molecule has 0 aliphatic carbocycles. The molecule has 0 saturated carbocycles. The first-order valence-electron chi connectivity index (χ1n) is 19.6. The molecule has 4 nitrogen and oxygen atoms in total. The van der Waals surface area contributed by atoms with Crippen LogP contribution in [0, 0.1) is 0 Å². The summed E-state index contributed by atoms with van der Waals surface area (Å²) in [6.45, 7) is 14.0. The van der Waals surface area contributed by atoms with Crippen molar-refractivity contribution >= 4 is 101 Å². The zero-order valence-corrected chi connectivity index (χ0v) is 32.0. The highest BCUT2D eigenvalue weighted by Crippen LogP contribution is 2.53. The second-order valence-electron chi connectivity index (χ2n) is 17.8. The zero-order valence-electron chi connectivity index (χ0n) is 32.0. The molecule has 2 aromatic heterocycles. The molecule has 7 aromatic carbocycles. The Morgan fingerprint density at radius 1 is 0.473 bits per heavy atom. The SMILES string of the molecule is CC(C)(C)c1ccc2c(c1)B1c3cccc4c3N(c3cc(C(C)(C)C)cc(c31)N2c1cccc2c1oc1ccccc12)c1cccc2c3ccccc3n-4c12. The van der Waals surface area contributed by atoms with Gasteiger partial charge in [0, 0.05) is 38.6 Å². The molecular weight excluding hydrogens is 669 g/mol. The van der Waals surface area contributed by atoms with Gasteiger partial charge in [-0.1, -0.05) is 126 Å². The van der Waals surface area contributed by atoms with Crippen molar-refractivity contribution in [3.63, 3.8) is 0 Å². The molecule has 264 valence electrons.